The minimum atomic E-state index is 0. The smallest absolute Gasteiger partial charge is 0.147 e. The van der Waals surface area contributed by atoms with Crippen LogP contribution < -0.4 is 0 Å². The van der Waals surface area contributed by atoms with Gasteiger partial charge in [0.05, 0.1) is 0 Å². The van der Waals surface area contributed by atoms with E-state index >= 15 is 0 Å². The summed E-state index contributed by atoms with van der Waals surface area (Å²) in [7, 11) is 0. The van der Waals surface area contributed by atoms with E-state index in [1.807, 2.05) is 0 Å². The number of hydrogen-bond donors (Lipinski definition) is 0. The fourth-order valence-corrected chi connectivity index (χ4v) is 0. The van der Waals surface area contributed by atoms with Gasteiger partial charge in [-0.1, -0.05) is 0 Å². The average molecular weight is 297 g/mol. The van der Waals surface area contributed by atoms with Gasteiger partial charge in [0.15, 0.2) is 17.4 Å². The molecule has 0 unspecified atom stereocenters. The van der Waals surface area contributed by atoms with Gasteiger partial charge in [0.1, 0.15) is 0 Å². The molecule has 8 heteroatoms. The van der Waals surface area contributed by atoms with Crippen LogP contribution in [0.3, 0.4) is 0 Å². The SMILES string of the molecule is Cl.Cl.Cl.Cl.Cl.Cl.[AlH3].[Ti]. The maximum atomic E-state index is 0. The third-order valence-electron chi connectivity index (χ3n) is 0. The first-order valence-corrected chi connectivity index (χ1v) is 0. The van der Waals surface area contributed by atoms with Crippen LogP contribution in [-0.2, 0) is 21.7 Å². The molecule has 0 aliphatic rings. The number of hydrogen-bond acceptors (Lipinski definition) is 0. The van der Waals surface area contributed by atoms with Crippen molar-refractivity contribution < 1.29 is 21.7 Å². The normalized spacial score (nSPS) is 0. The Labute approximate surface area is 112 Å². The van der Waals surface area contributed by atoms with Gasteiger partial charge in [-0.25, -0.2) is 0 Å². The Morgan fingerprint density at radius 3 is 0.375 bits per heavy atom. The second-order valence-corrected chi connectivity index (χ2v) is 0. The van der Waals surface area contributed by atoms with Gasteiger partial charge < -0.3 is 0 Å². The molecule has 0 radical (unpaired) electrons. The molecule has 0 aliphatic heterocycles. The summed E-state index contributed by atoms with van der Waals surface area (Å²) in [5.41, 5.74) is 0. The van der Waals surface area contributed by atoms with Crippen LogP contribution in [-0.4, -0.2) is 17.4 Å². The molecule has 0 saturated carbocycles. The monoisotopic (exact) mass is 294 g/mol. The first kappa shape index (κ1) is 123. The maximum absolute atomic E-state index is 0. The fourth-order valence-electron chi connectivity index (χ4n) is 0. The second kappa shape index (κ2) is 90.4. The van der Waals surface area contributed by atoms with E-state index < -0.39 is 0 Å². The van der Waals surface area contributed by atoms with Crippen LogP contribution in [0.5, 0.6) is 0 Å². The summed E-state index contributed by atoms with van der Waals surface area (Å²) in [6.45, 7) is 0. The fraction of sp³-hybridized carbons (Fsp3) is 0. The van der Waals surface area contributed by atoms with Gasteiger partial charge in [0.2, 0.25) is 0 Å². The van der Waals surface area contributed by atoms with E-state index in [4.69, 9.17) is 0 Å². The second-order valence-electron chi connectivity index (χ2n) is 0. The summed E-state index contributed by atoms with van der Waals surface area (Å²) >= 11 is 0. The van der Waals surface area contributed by atoms with Crippen LogP contribution in [0.2, 0.25) is 0 Å². The Kier molecular flexibility index (Phi) is 1390. The molecule has 0 N–H and O–H groups in total. The minimum absolute atomic E-state index is 0. The molecular weight excluding hydrogens is 288 g/mol. The molecule has 0 fully saturated rings. The van der Waals surface area contributed by atoms with E-state index in [1.54, 1.807) is 0 Å². The quantitative estimate of drug-likeness (QED) is 0.592. The summed E-state index contributed by atoms with van der Waals surface area (Å²) in [4.78, 5) is 0. The average Bonchev–Trinajstić information content (AvgIpc) is 0. The van der Waals surface area contributed by atoms with Gasteiger partial charge >= 0.3 is 0 Å². The van der Waals surface area contributed by atoms with Crippen molar-refractivity contribution in [1.29, 1.82) is 0 Å². The van der Waals surface area contributed by atoms with E-state index in [0.717, 1.165) is 0 Å². The van der Waals surface area contributed by atoms with Gasteiger partial charge in [-0.2, -0.15) is 0 Å². The van der Waals surface area contributed by atoms with Gasteiger partial charge in [-0.05, 0) is 0 Å². The molecule has 0 atom stereocenters. The van der Waals surface area contributed by atoms with Gasteiger partial charge in [-0.15, -0.1) is 74.4 Å². The molecule has 0 spiro atoms. The van der Waals surface area contributed by atoms with E-state index in [1.165, 1.54) is 0 Å². The van der Waals surface area contributed by atoms with Gasteiger partial charge in [-0.3, -0.25) is 0 Å². The number of rotatable bonds is 0. The topological polar surface area (TPSA) is 0 Å². The first-order chi connectivity index (χ1) is 0. The van der Waals surface area contributed by atoms with Crippen molar-refractivity contribution >= 4 is 91.8 Å². The van der Waals surface area contributed by atoms with Crippen LogP contribution in [0, 0.1) is 0 Å². The molecule has 0 saturated heterocycles. The van der Waals surface area contributed by atoms with Gasteiger partial charge in [0.25, 0.3) is 0 Å². The zero-order valence-corrected chi connectivity index (χ0v) is 9.41. The van der Waals surface area contributed by atoms with Crippen molar-refractivity contribution in [2.24, 2.45) is 0 Å². The van der Waals surface area contributed by atoms with E-state index in [0.29, 0.717) is 0 Å². The Morgan fingerprint density at radius 2 is 0.375 bits per heavy atom. The third-order valence-corrected chi connectivity index (χ3v) is 0. The molecule has 0 heterocycles. The summed E-state index contributed by atoms with van der Waals surface area (Å²) < 4.78 is 0. The molecule has 58 valence electrons. The zero-order chi connectivity index (χ0) is 0. The van der Waals surface area contributed by atoms with Crippen molar-refractivity contribution in [2.75, 3.05) is 0 Å². The van der Waals surface area contributed by atoms with E-state index in [9.17, 15) is 0 Å². The van der Waals surface area contributed by atoms with Crippen molar-refractivity contribution in [3.8, 4) is 0 Å². The van der Waals surface area contributed by atoms with Crippen LogP contribution in [0.15, 0.2) is 0 Å². The summed E-state index contributed by atoms with van der Waals surface area (Å²) in [6, 6.07) is 0. The van der Waals surface area contributed by atoms with Crippen LogP contribution in [0.25, 0.3) is 0 Å². The molecule has 0 aromatic heterocycles. The third kappa shape index (κ3) is 64.3. The maximum Gasteiger partial charge on any atom is 0.187 e. The molecule has 0 aromatic carbocycles. The van der Waals surface area contributed by atoms with Crippen LogP contribution >= 0.6 is 74.4 Å². The molecule has 0 bridgehead atoms. The van der Waals surface area contributed by atoms with Crippen molar-refractivity contribution in [3.05, 3.63) is 0 Å². The van der Waals surface area contributed by atoms with Crippen LogP contribution in [0.1, 0.15) is 0 Å². The summed E-state index contributed by atoms with van der Waals surface area (Å²) in [5.74, 6) is 0. The molecule has 0 nitrogen and oxygen atoms in total. The summed E-state index contributed by atoms with van der Waals surface area (Å²) in [5, 5.41) is 0. The standard InChI is InChI=1S/Al.6ClH.Ti.3H/h;6*1H;;;;. The molecular formula is H9AlCl6Ti. The Bertz CT molecular complexity index is 8.49. The van der Waals surface area contributed by atoms with Crippen molar-refractivity contribution in [2.45, 2.75) is 0 Å². The first-order valence-electron chi connectivity index (χ1n) is 0. The van der Waals surface area contributed by atoms with Gasteiger partial charge in [0, 0.05) is 21.7 Å². The Hall–Kier alpha value is 2.99. The van der Waals surface area contributed by atoms with Crippen molar-refractivity contribution in [3.63, 3.8) is 0 Å². The van der Waals surface area contributed by atoms with Crippen LogP contribution in [0.4, 0.5) is 0 Å². The predicted octanol–water partition coefficient (Wildman–Crippen LogP) is 1.34. The molecule has 0 amide bonds. The zero-order valence-electron chi connectivity index (χ0n) is 2.95. The Balaban J connectivity index is 0. The largest absolute Gasteiger partial charge is 0.187 e. The van der Waals surface area contributed by atoms with Crippen molar-refractivity contribution in [1.82, 2.24) is 0 Å². The van der Waals surface area contributed by atoms with E-state index in [-0.39, 0.29) is 114 Å². The number of halogens is 6. The minimum Gasteiger partial charge on any atom is -0.147 e. The predicted molar refractivity (Wildman–Crippen MR) is 53.4 cm³/mol. The van der Waals surface area contributed by atoms with E-state index in [2.05, 4.69) is 0 Å². The Morgan fingerprint density at radius 1 is 0.375 bits per heavy atom. The molecule has 0 rings (SSSR count). The molecule has 8 heavy (non-hydrogen) atoms. The molecule has 0 aromatic rings. The molecule has 0 aliphatic carbocycles. The summed E-state index contributed by atoms with van der Waals surface area (Å²) in [6.07, 6.45) is 0.